The second-order valence-electron chi connectivity index (χ2n) is 12.4. The van der Waals surface area contributed by atoms with E-state index in [2.05, 4.69) is 50.9 Å². The first kappa shape index (κ1) is 31.7. The number of para-hydroxylation sites is 1. The molecule has 0 radical (unpaired) electrons. The van der Waals surface area contributed by atoms with Crippen LogP contribution in [0, 0.1) is 6.92 Å². The Morgan fingerprint density at radius 1 is 1.07 bits per heavy atom. The number of nitrogens with one attached hydrogen (secondary N) is 3. The molecule has 0 spiro atoms. The van der Waals surface area contributed by atoms with E-state index >= 15 is 0 Å². The molecule has 2 aromatic heterocycles. The molecule has 1 saturated carbocycles. The molecule has 1 saturated heterocycles. The zero-order chi connectivity index (χ0) is 32.6. The van der Waals surface area contributed by atoms with E-state index in [-0.39, 0.29) is 16.3 Å². The molecule has 13 heteroatoms. The number of hydrogen-bond donors (Lipinski definition) is 3. The van der Waals surface area contributed by atoms with Gasteiger partial charge in [0.2, 0.25) is 17.8 Å². The van der Waals surface area contributed by atoms with E-state index in [0.717, 1.165) is 50.9 Å². The minimum absolute atomic E-state index is 0.186. The number of amides is 1. The Kier molecular flexibility index (Phi) is 8.64. The second kappa shape index (κ2) is 12.5. The van der Waals surface area contributed by atoms with Gasteiger partial charge in [0, 0.05) is 19.2 Å². The highest BCUT2D eigenvalue weighted by Gasteiger charge is 2.51. The predicted octanol–water partition coefficient (Wildman–Crippen LogP) is 4.96. The predicted molar refractivity (Wildman–Crippen MR) is 178 cm³/mol. The van der Waals surface area contributed by atoms with Gasteiger partial charge in [-0.2, -0.15) is 19.6 Å². The third-order valence-corrected chi connectivity index (χ3v) is 11.3. The van der Waals surface area contributed by atoms with Crippen LogP contribution in [0.5, 0.6) is 5.75 Å². The molecule has 244 valence electrons. The van der Waals surface area contributed by atoms with Gasteiger partial charge < -0.3 is 25.6 Å². The van der Waals surface area contributed by atoms with E-state index in [0.29, 0.717) is 40.6 Å². The number of aryl methyl sites for hydroxylation is 1. The maximum Gasteiger partial charge on any atom is 0.242 e. The summed E-state index contributed by atoms with van der Waals surface area (Å²) < 4.78 is 33.5. The van der Waals surface area contributed by atoms with Crippen molar-refractivity contribution >= 4 is 44.7 Å². The van der Waals surface area contributed by atoms with Crippen LogP contribution in [0.1, 0.15) is 63.5 Å². The van der Waals surface area contributed by atoms with Gasteiger partial charge >= 0.3 is 0 Å². The average Bonchev–Trinajstić information content (AvgIpc) is 3.67. The van der Waals surface area contributed by atoms with E-state index in [1.165, 1.54) is 10.1 Å². The Balaban J connectivity index is 1.23. The lowest BCUT2D eigenvalue weighted by molar-refractivity contribution is -0.135. The monoisotopic (exact) mass is 646 g/mol. The lowest BCUT2D eigenvalue weighted by Gasteiger charge is -2.35. The van der Waals surface area contributed by atoms with Crippen LogP contribution in [0.4, 0.5) is 23.3 Å². The van der Waals surface area contributed by atoms with E-state index in [4.69, 9.17) is 4.74 Å². The van der Waals surface area contributed by atoms with Crippen molar-refractivity contribution in [3.05, 3.63) is 59.8 Å². The van der Waals surface area contributed by atoms with E-state index in [9.17, 15) is 13.2 Å². The molecule has 1 aliphatic heterocycles. The van der Waals surface area contributed by atoms with Gasteiger partial charge in [-0.1, -0.05) is 19.1 Å². The maximum atomic E-state index is 13.2. The first-order valence-corrected chi connectivity index (χ1v) is 17.4. The summed E-state index contributed by atoms with van der Waals surface area (Å²) in [5.41, 5.74) is 3.61. The summed E-state index contributed by atoms with van der Waals surface area (Å²) in [6, 6.07) is 12.6. The van der Waals surface area contributed by atoms with Crippen LogP contribution in [0.2, 0.25) is 0 Å². The highest BCUT2D eigenvalue weighted by Crippen LogP contribution is 2.41. The molecule has 4 aromatic rings. The number of carbonyl (C=O) groups excluding carboxylic acids is 1. The van der Waals surface area contributed by atoms with Crippen molar-refractivity contribution < 1.29 is 17.9 Å². The smallest absolute Gasteiger partial charge is 0.242 e. The third kappa shape index (κ3) is 6.01. The first-order chi connectivity index (χ1) is 22.1. The van der Waals surface area contributed by atoms with E-state index in [1.807, 2.05) is 11.0 Å². The molecule has 3 N–H and O–H groups in total. The van der Waals surface area contributed by atoms with Crippen LogP contribution >= 0.6 is 0 Å². The number of likely N-dealkylation sites (N-methyl/N-ethyl adjacent to an activating group) is 1. The van der Waals surface area contributed by atoms with Gasteiger partial charge in [-0.15, -0.1) is 0 Å². The number of rotatable bonds is 11. The molecule has 46 heavy (non-hydrogen) atoms. The lowest BCUT2D eigenvalue weighted by Crippen LogP contribution is -2.50. The standard InChI is InChI=1S/C33H42N8O4S/c1-6-34-33(14-15-33)30(42)40-17-12-23(13-18-40)24-20-27(45-5)26(19-22(24)4)36-31-38-29-11-16-35-41(29)32(39-31)37-25-9-7-8-10-28(25)46(43,44)21(2)3/h7-11,16,19-21,23,34H,6,12-15,17-18H2,1-5H3,(H2,36,37,38,39). The number of hydrogen-bond acceptors (Lipinski definition) is 10. The highest BCUT2D eigenvalue weighted by atomic mass is 32.2. The molecule has 2 fully saturated rings. The minimum Gasteiger partial charge on any atom is -0.495 e. The van der Waals surface area contributed by atoms with Crippen LogP contribution < -0.4 is 20.7 Å². The van der Waals surface area contributed by atoms with Crippen LogP contribution in [-0.4, -0.2) is 76.3 Å². The van der Waals surface area contributed by atoms with Gasteiger partial charge in [-0.05, 0) is 94.3 Å². The molecule has 12 nitrogen and oxygen atoms in total. The molecule has 6 rings (SSSR count). The number of methoxy groups -OCH3 is 1. The van der Waals surface area contributed by atoms with Crippen LogP contribution in [0.15, 0.2) is 53.6 Å². The van der Waals surface area contributed by atoms with Gasteiger partial charge in [0.05, 0.1) is 40.4 Å². The molecule has 0 unspecified atom stereocenters. The highest BCUT2D eigenvalue weighted by molar-refractivity contribution is 7.92. The van der Waals surface area contributed by atoms with Gasteiger partial charge in [-0.3, -0.25) is 4.79 Å². The number of ether oxygens (including phenoxy) is 1. The van der Waals surface area contributed by atoms with Crippen molar-refractivity contribution in [2.75, 3.05) is 37.4 Å². The summed E-state index contributed by atoms with van der Waals surface area (Å²) >= 11 is 0. The van der Waals surface area contributed by atoms with Gasteiger partial charge in [-0.25, -0.2) is 8.42 Å². The Morgan fingerprint density at radius 2 is 1.80 bits per heavy atom. The molecule has 1 amide bonds. The summed E-state index contributed by atoms with van der Waals surface area (Å²) in [7, 11) is -1.92. The maximum absolute atomic E-state index is 13.2. The van der Waals surface area contributed by atoms with Crippen molar-refractivity contribution in [1.82, 2.24) is 29.8 Å². The number of fused-ring (bicyclic) bond motifs is 1. The lowest BCUT2D eigenvalue weighted by atomic mass is 9.86. The van der Waals surface area contributed by atoms with Gasteiger partial charge in [0.15, 0.2) is 15.5 Å². The summed E-state index contributed by atoms with van der Waals surface area (Å²) in [4.78, 5) is 24.7. The zero-order valence-electron chi connectivity index (χ0n) is 27.0. The fraction of sp³-hybridized carbons (Fsp3) is 0.455. The van der Waals surface area contributed by atoms with Gasteiger partial charge in [0.25, 0.3) is 0 Å². The van der Waals surface area contributed by atoms with Crippen LogP contribution in [-0.2, 0) is 14.6 Å². The molecule has 0 bridgehead atoms. The normalized spacial score (nSPS) is 16.5. The van der Waals surface area contributed by atoms with Crippen molar-refractivity contribution in [2.24, 2.45) is 0 Å². The number of sulfone groups is 1. The molecule has 1 aliphatic carbocycles. The number of likely N-dealkylation sites (tertiary alicyclic amines) is 1. The van der Waals surface area contributed by atoms with Crippen LogP contribution in [0.3, 0.4) is 0 Å². The number of aromatic nitrogens is 4. The van der Waals surface area contributed by atoms with Gasteiger partial charge in [0.1, 0.15) is 5.75 Å². The number of nitrogens with zero attached hydrogens (tertiary/aromatic N) is 5. The van der Waals surface area contributed by atoms with Crippen molar-refractivity contribution in [3.8, 4) is 5.75 Å². The van der Waals surface area contributed by atoms with E-state index < -0.39 is 15.1 Å². The SMILES string of the molecule is CCNC1(C(=O)N2CCC(c3cc(OC)c(Nc4nc(Nc5ccccc5S(=O)(=O)C(C)C)n5nccc5n4)cc3C)CC2)CC1. The Bertz CT molecular complexity index is 1860. The first-order valence-electron chi connectivity index (χ1n) is 15.9. The fourth-order valence-electron chi connectivity index (χ4n) is 6.31. The number of carbonyl (C=O) groups is 1. The minimum atomic E-state index is -3.56. The number of piperidine rings is 1. The molecule has 2 aromatic carbocycles. The summed E-state index contributed by atoms with van der Waals surface area (Å²) in [5.74, 6) is 1.82. The van der Waals surface area contributed by atoms with Crippen molar-refractivity contribution in [3.63, 3.8) is 0 Å². The number of benzene rings is 2. The average molecular weight is 647 g/mol. The zero-order valence-corrected chi connectivity index (χ0v) is 27.8. The molecular weight excluding hydrogens is 604 g/mol. The quantitative estimate of drug-likeness (QED) is 0.205. The van der Waals surface area contributed by atoms with E-state index in [1.54, 1.807) is 57.5 Å². The van der Waals surface area contributed by atoms with Crippen molar-refractivity contribution in [2.45, 2.75) is 75.0 Å². The van der Waals surface area contributed by atoms with Crippen molar-refractivity contribution in [1.29, 1.82) is 0 Å². The topological polar surface area (TPSA) is 143 Å². The summed E-state index contributed by atoms with van der Waals surface area (Å²) in [5, 5.41) is 13.7. The fourth-order valence-corrected chi connectivity index (χ4v) is 7.51. The number of anilines is 4. The Labute approximate surface area is 269 Å². The summed E-state index contributed by atoms with van der Waals surface area (Å²) in [6.07, 6.45) is 5.25. The second-order valence-corrected chi connectivity index (χ2v) is 14.9. The molecule has 2 aliphatic rings. The Morgan fingerprint density at radius 3 is 2.48 bits per heavy atom. The summed E-state index contributed by atoms with van der Waals surface area (Å²) in [6.45, 7) is 9.74. The molecular formula is C33H42N8O4S. The molecule has 0 atom stereocenters. The largest absolute Gasteiger partial charge is 0.495 e. The third-order valence-electron chi connectivity index (χ3n) is 9.05. The Hall–Kier alpha value is -4.23. The van der Waals surface area contributed by atoms with Crippen LogP contribution in [0.25, 0.3) is 5.65 Å². The molecule has 3 heterocycles.